The fraction of sp³-hybridized carbons (Fsp3) is 0.474. The lowest BCUT2D eigenvalue weighted by atomic mass is 10.2. The van der Waals surface area contributed by atoms with Crippen LogP contribution in [-0.2, 0) is 12.3 Å². The van der Waals surface area contributed by atoms with Crippen LogP contribution in [0.2, 0.25) is 0 Å². The minimum absolute atomic E-state index is 0.0635. The van der Waals surface area contributed by atoms with Crippen LogP contribution in [0.15, 0.2) is 35.1 Å². The first-order valence-electron chi connectivity index (χ1n) is 9.14. The maximum absolute atomic E-state index is 12.0. The van der Waals surface area contributed by atoms with Gasteiger partial charge in [0.15, 0.2) is 0 Å². The quantitative estimate of drug-likeness (QED) is 0.573. The minimum Gasteiger partial charge on any atom is -0.399 e. The standard InChI is InChI=1S/C19H27N5OS/c1-2-11-26-14-17-12-18(25)22-19(21-17)24-9-7-23(8-10-24)13-15-3-5-16(20)6-4-15/h3-6,12H,2,7-11,13-14,20H2,1H3,(H,21,22,25). The molecule has 1 aromatic heterocycles. The number of nitrogens with two attached hydrogens (primary N) is 1. The Morgan fingerprint density at radius 2 is 1.92 bits per heavy atom. The van der Waals surface area contributed by atoms with Crippen LogP contribution in [0.25, 0.3) is 0 Å². The van der Waals surface area contributed by atoms with Crippen molar-refractivity contribution in [3.8, 4) is 0 Å². The number of anilines is 2. The second kappa shape index (κ2) is 9.09. The summed E-state index contributed by atoms with van der Waals surface area (Å²) in [6.07, 6.45) is 1.14. The van der Waals surface area contributed by atoms with Crippen molar-refractivity contribution in [1.29, 1.82) is 0 Å². The summed E-state index contributed by atoms with van der Waals surface area (Å²) < 4.78 is 0. The molecule has 0 radical (unpaired) electrons. The van der Waals surface area contributed by atoms with Gasteiger partial charge in [0.2, 0.25) is 5.95 Å². The Balaban J connectivity index is 1.57. The first-order valence-corrected chi connectivity index (χ1v) is 10.3. The van der Waals surface area contributed by atoms with Crippen molar-refractivity contribution in [3.63, 3.8) is 0 Å². The van der Waals surface area contributed by atoms with Crippen molar-refractivity contribution in [2.24, 2.45) is 0 Å². The van der Waals surface area contributed by atoms with Gasteiger partial charge in [0.25, 0.3) is 5.56 Å². The van der Waals surface area contributed by atoms with E-state index in [9.17, 15) is 4.79 Å². The van der Waals surface area contributed by atoms with Crippen LogP contribution in [0.4, 0.5) is 11.6 Å². The summed E-state index contributed by atoms with van der Waals surface area (Å²) >= 11 is 1.82. The van der Waals surface area contributed by atoms with Gasteiger partial charge in [-0.3, -0.25) is 14.7 Å². The van der Waals surface area contributed by atoms with Crippen molar-refractivity contribution in [2.45, 2.75) is 25.6 Å². The average molecular weight is 374 g/mol. The highest BCUT2D eigenvalue weighted by Gasteiger charge is 2.19. The molecule has 0 aliphatic carbocycles. The highest BCUT2D eigenvalue weighted by Crippen LogP contribution is 2.16. The van der Waals surface area contributed by atoms with E-state index in [4.69, 9.17) is 5.73 Å². The van der Waals surface area contributed by atoms with Gasteiger partial charge in [0, 0.05) is 50.2 Å². The summed E-state index contributed by atoms with van der Waals surface area (Å²) in [7, 11) is 0. The van der Waals surface area contributed by atoms with E-state index in [0.29, 0.717) is 5.95 Å². The van der Waals surface area contributed by atoms with E-state index < -0.39 is 0 Å². The van der Waals surface area contributed by atoms with Crippen molar-refractivity contribution in [1.82, 2.24) is 14.9 Å². The molecule has 3 N–H and O–H groups in total. The number of thioether (sulfide) groups is 1. The fourth-order valence-electron chi connectivity index (χ4n) is 3.04. The molecule has 0 bridgehead atoms. The molecule has 1 fully saturated rings. The summed E-state index contributed by atoms with van der Waals surface area (Å²) in [5.74, 6) is 2.59. The highest BCUT2D eigenvalue weighted by molar-refractivity contribution is 7.98. The van der Waals surface area contributed by atoms with Crippen LogP contribution in [0.3, 0.4) is 0 Å². The summed E-state index contributed by atoms with van der Waals surface area (Å²) in [5, 5.41) is 0. The number of benzene rings is 1. The zero-order valence-electron chi connectivity index (χ0n) is 15.3. The molecule has 0 amide bonds. The Morgan fingerprint density at radius 1 is 1.19 bits per heavy atom. The molecular weight excluding hydrogens is 346 g/mol. The number of H-pyrrole nitrogens is 1. The van der Waals surface area contributed by atoms with Gasteiger partial charge in [-0.05, 0) is 29.9 Å². The Hall–Kier alpha value is -1.99. The van der Waals surface area contributed by atoms with E-state index in [1.165, 1.54) is 5.56 Å². The maximum atomic E-state index is 12.0. The first kappa shape index (κ1) is 18.8. The smallest absolute Gasteiger partial charge is 0.252 e. The Labute approximate surface area is 158 Å². The number of nitrogen functional groups attached to an aromatic ring is 1. The lowest BCUT2D eigenvalue weighted by Crippen LogP contribution is -2.47. The molecule has 1 aromatic carbocycles. The monoisotopic (exact) mass is 373 g/mol. The minimum atomic E-state index is -0.0635. The van der Waals surface area contributed by atoms with Gasteiger partial charge in [-0.1, -0.05) is 19.1 Å². The van der Waals surface area contributed by atoms with Gasteiger partial charge in [0.1, 0.15) is 0 Å². The molecule has 3 rings (SSSR count). The summed E-state index contributed by atoms with van der Waals surface area (Å²) in [5.41, 5.74) is 8.62. The highest BCUT2D eigenvalue weighted by atomic mass is 32.2. The van der Waals surface area contributed by atoms with Gasteiger partial charge < -0.3 is 10.6 Å². The SMILES string of the molecule is CCCSCc1cc(=O)[nH]c(N2CCN(Cc3ccc(N)cc3)CC2)n1. The number of hydrogen-bond acceptors (Lipinski definition) is 6. The first-order chi connectivity index (χ1) is 12.6. The lowest BCUT2D eigenvalue weighted by molar-refractivity contribution is 0.248. The largest absolute Gasteiger partial charge is 0.399 e. The Bertz CT molecular complexity index is 753. The van der Waals surface area contributed by atoms with Gasteiger partial charge >= 0.3 is 0 Å². The van der Waals surface area contributed by atoms with E-state index in [1.807, 2.05) is 23.9 Å². The number of aromatic amines is 1. The van der Waals surface area contributed by atoms with Crippen LogP contribution in [0, 0.1) is 0 Å². The number of rotatable bonds is 7. The summed E-state index contributed by atoms with van der Waals surface area (Å²) in [4.78, 5) is 24.1. The Kier molecular flexibility index (Phi) is 6.57. The number of piperazine rings is 1. The maximum Gasteiger partial charge on any atom is 0.252 e. The van der Waals surface area contributed by atoms with Crippen LogP contribution in [-0.4, -0.2) is 46.8 Å². The predicted octanol–water partition coefficient (Wildman–Crippen LogP) is 2.32. The molecule has 1 saturated heterocycles. The molecule has 0 spiro atoms. The van der Waals surface area contributed by atoms with Crippen LogP contribution >= 0.6 is 11.8 Å². The second-order valence-electron chi connectivity index (χ2n) is 6.62. The normalized spacial score (nSPS) is 15.3. The predicted molar refractivity (Wildman–Crippen MR) is 110 cm³/mol. The molecule has 0 saturated carbocycles. The molecule has 1 aliphatic heterocycles. The number of nitrogens with one attached hydrogen (secondary N) is 1. The van der Waals surface area contributed by atoms with E-state index in [-0.39, 0.29) is 5.56 Å². The van der Waals surface area contributed by atoms with E-state index in [2.05, 4.69) is 38.8 Å². The molecule has 0 unspecified atom stereocenters. The zero-order valence-corrected chi connectivity index (χ0v) is 16.1. The van der Waals surface area contributed by atoms with E-state index in [1.54, 1.807) is 6.07 Å². The topological polar surface area (TPSA) is 78.2 Å². The van der Waals surface area contributed by atoms with Crippen LogP contribution < -0.4 is 16.2 Å². The van der Waals surface area contributed by atoms with Crippen LogP contribution in [0.1, 0.15) is 24.6 Å². The molecular formula is C19H27N5OS. The average Bonchev–Trinajstić information content (AvgIpc) is 2.64. The molecule has 7 heteroatoms. The van der Waals surface area contributed by atoms with Gasteiger partial charge in [-0.2, -0.15) is 11.8 Å². The number of aromatic nitrogens is 2. The van der Waals surface area contributed by atoms with Gasteiger partial charge in [0.05, 0.1) is 5.69 Å². The molecule has 140 valence electrons. The zero-order chi connectivity index (χ0) is 18.4. The van der Waals surface area contributed by atoms with Crippen molar-refractivity contribution < 1.29 is 0 Å². The van der Waals surface area contributed by atoms with E-state index in [0.717, 1.165) is 62.0 Å². The number of hydrogen-bond donors (Lipinski definition) is 2. The van der Waals surface area contributed by atoms with Crippen LogP contribution in [0.5, 0.6) is 0 Å². The fourth-order valence-corrected chi connectivity index (χ4v) is 3.83. The third-order valence-corrected chi connectivity index (χ3v) is 5.64. The van der Waals surface area contributed by atoms with Crippen molar-refractivity contribution in [3.05, 3.63) is 51.9 Å². The second-order valence-corrected chi connectivity index (χ2v) is 7.72. The Morgan fingerprint density at radius 3 is 2.62 bits per heavy atom. The molecule has 26 heavy (non-hydrogen) atoms. The molecule has 2 heterocycles. The summed E-state index contributed by atoms with van der Waals surface area (Å²) in [6, 6.07) is 9.67. The van der Waals surface area contributed by atoms with Gasteiger partial charge in [-0.15, -0.1) is 0 Å². The molecule has 6 nitrogen and oxygen atoms in total. The van der Waals surface area contributed by atoms with Crippen molar-refractivity contribution in [2.75, 3.05) is 42.6 Å². The number of nitrogens with zero attached hydrogens (tertiary/aromatic N) is 3. The molecule has 1 aliphatic rings. The van der Waals surface area contributed by atoms with E-state index >= 15 is 0 Å². The lowest BCUT2D eigenvalue weighted by Gasteiger charge is -2.35. The third-order valence-electron chi connectivity index (χ3n) is 4.44. The molecule has 2 aromatic rings. The summed E-state index contributed by atoms with van der Waals surface area (Å²) in [6.45, 7) is 6.71. The third kappa shape index (κ3) is 5.25. The molecule has 0 atom stereocenters. The van der Waals surface area contributed by atoms with Crippen molar-refractivity contribution >= 4 is 23.4 Å². The van der Waals surface area contributed by atoms with Gasteiger partial charge in [-0.25, -0.2) is 4.98 Å².